The third-order valence-corrected chi connectivity index (χ3v) is 6.45. The molecule has 2 unspecified atom stereocenters. The van der Waals surface area contributed by atoms with Gasteiger partial charge in [0.05, 0.1) is 16.3 Å². The molecule has 1 fully saturated rings. The molecule has 4 rings (SSSR count). The van der Waals surface area contributed by atoms with Crippen molar-refractivity contribution in [1.29, 1.82) is 0 Å². The molecule has 6 heteroatoms. The quantitative estimate of drug-likeness (QED) is 0.383. The molecule has 0 amide bonds. The van der Waals surface area contributed by atoms with Crippen LogP contribution in [-0.4, -0.2) is 35.6 Å². The van der Waals surface area contributed by atoms with Crippen molar-refractivity contribution in [2.45, 2.75) is 58.3 Å². The Morgan fingerprint density at radius 3 is 2.94 bits per heavy atom. The maximum atomic E-state index is 6.07. The highest BCUT2D eigenvalue weighted by atomic mass is 32.1. The smallest absolute Gasteiger partial charge is 0.158 e. The molecular formula is C27H30N2O3S. The van der Waals surface area contributed by atoms with Crippen LogP contribution in [0.3, 0.4) is 0 Å². The van der Waals surface area contributed by atoms with Crippen molar-refractivity contribution in [3.63, 3.8) is 0 Å². The number of benzene rings is 1. The second-order valence-corrected chi connectivity index (χ2v) is 9.01. The Labute approximate surface area is 199 Å². The van der Waals surface area contributed by atoms with Crippen molar-refractivity contribution < 1.29 is 14.2 Å². The number of thiazole rings is 1. The number of nitrogens with zero attached hydrogens (tertiary/aromatic N) is 2. The fourth-order valence-electron chi connectivity index (χ4n) is 3.51. The number of pyridine rings is 1. The first-order valence-electron chi connectivity index (χ1n) is 11.7. The van der Waals surface area contributed by atoms with Crippen LogP contribution in [-0.2, 0) is 15.9 Å². The maximum absolute atomic E-state index is 6.07. The Kier molecular flexibility index (Phi) is 8.48. The average molecular weight is 463 g/mol. The van der Waals surface area contributed by atoms with Gasteiger partial charge in [-0.25, -0.2) is 4.98 Å². The minimum Gasteiger partial charge on any atom is -0.491 e. The van der Waals surface area contributed by atoms with Gasteiger partial charge in [-0.15, -0.1) is 11.3 Å². The van der Waals surface area contributed by atoms with Gasteiger partial charge in [-0.05, 0) is 74.6 Å². The number of hydrogen-bond acceptors (Lipinski definition) is 6. The average Bonchev–Trinajstić information content (AvgIpc) is 3.27. The van der Waals surface area contributed by atoms with Crippen molar-refractivity contribution in [1.82, 2.24) is 9.97 Å². The third-order valence-electron chi connectivity index (χ3n) is 5.46. The SMILES string of the molecule is CCc1ccc(C#C/C=C/c2nc3ccc(OCC(CC)OC4CCCCO4)cc3s2)cn1. The van der Waals surface area contributed by atoms with E-state index in [-0.39, 0.29) is 12.4 Å². The number of fused-ring (bicyclic) bond motifs is 1. The van der Waals surface area contributed by atoms with Crippen LogP contribution in [0.4, 0.5) is 0 Å². The fraction of sp³-hybridized carbons (Fsp3) is 0.407. The van der Waals surface area contributed by atoms with Gasteiger partial charge in [-0.2, -0.15) is 0 Å². The Balaban J connectivity index is 1.33. The van der Waals surface area contributed by atoms with E-state index in [9.17, 15) is 0 Å². The molecule has 1 aromatic carbocycles. The van der Waals surface area contributed by atoms with E-state index in [1.54, 1.807) is 11.3 Å². The molecule has 0 saturated carbocycles. The Morgan fingerprint density at radius 1 is 1.24 bits per heavy atom. The highest BCUT2D eigenvalue weighted by molar-refractivity contribution is 7.19. The van der Waals surface area contributed by atoms with Crippen LogP contribution >= 0.6 is 11.3 Å². The van der Waals surface area contributed by atoms with Gasteiger partial charge < -0.3 is 14.2 Å². The summed E-state index contributed by atoms with van der Waals surface area (Å²) >= 11 is 1.62. The van der Waals surface area contributed by atoms with Gasteiger partial charge in [0, 0.05) is 24.1 Å². The monoisotopic (exact) mass is 462 g/mol. The molecule has 172 valence electrons. The minimum atomic E-state index is -0.0966. The van der Waals surface area contributed by atoms with Gasteiger partial charge in [0.2, 0.25) is 0 Å². The highest BCUT2D eigenvalue weighted by Gasteiger charge is 2.19. The normalized spacial score (nSPS) is 17.1. The van der Waals surface area contributed by atoms with E-state index < -0.39 is 0 Å². The predicted molar refractivity (Wildman–Crippen MR) is 133 cm³/mol. The summed E-state index contributed by atoms with van der Waals surface area (Å²) in [5.41, 5.74) is 2.94. The number of rotatable bonds is 8. The summed E-state index contributed by atoms with van der Waals surface area (Å²) in [6.07, 6.45) is 10.6. The van der Waals surface area contributed by atoms with Crippen LogP contribution in [0.15, 0.2) is 42.6 Å². The number of hydrogen-bond donors (Lipinski definition) is 0. The minimum absolute atomic E-state index is 0.0238. The van der Waals surface area contributed by atoms with Gasteiger partial charge in [-0.1, -0.05) is 25.7 Å². The molecule has 3 aromatic rings. The molecule has 2 aromatic heterocycles. The lowest BCUT2D eigenvalue weighted by Crippen LogP contribution is -2.31. The molecule has 0 N–H and O–H groups in total. The summed E-state index contributed by atoms with van der Waals surface area (Å²) in [5.74, 6) is 7.00. The molecule has 33 heavy (non-hydrogen) atoms. The molecular weight excluding hydrogens is 432 g/mol. The molecule has 0 bridgehead atoms. The van der Waals surface area contributed by atoms with Crippen LogP contribution in [0.1, 0.15) is 55.8 Å². The Morgan fingerprint density at radius 2 is 2.18 bits per heavy atom. The van der Waals surface area contributed by atoms with E-state index in [0.717, 1.165) is 70.9 Å². The number of aryl methyl sites for hydroxylation is 1. The van der Waals surface area contributed by atoms with E-state index >= 15 is 0 Å². The van der Waals surface area contributed by atoms with E-state index in [4.69, 9.17) is 14.2 Å². The number of aromatic nitrogens is 2. The van der Waals surface area contributed by atoms with Crippen molar-refractivity contribution in [3.8, 4) is 17.6 Å². The summed E-state index contributed by atoms with van der Waals surface area (Å²) < 4.78 is 18.9. The van der Waals surface area contributed by atoms with Gasteiger partial charge in [-0.3, -0.25) is 4.98 Å². The number of allylic oxidation sites excluding steroid dienone is 1. The molecule has 0 aliphatic carbocycles. The summed E-state index contributed by atoms with van der Waals surface area (Å²) in [5, 5.41) is 0.917. The zero-order chi connectivity index (χ0) is 22.9. The zero-order valence-corrected chi connectivity index (χ0v) is 20.1. The summed E-state index contributed by atoms with van der Waals surface area (Å²) in [6.45, 7) is 5.50. The van der Waals surface area contributed by atoms with Crippen LogP contribution in [0.25, 0.3) is 16.3 Å². The van der Waals surface area contributed by atoms with Crippen LogP contribution in [0, 0.1) is 11.8 Å². The molecule has 0 spiro atoms. The third kappa shape index (κ3) is 6.88. The Hall–Kier alpha value is -2.72. The van der Waals surface area contributed by atoms with E-state index in [0.29, 0.717) is 6.61 Å². The van der Waals surface area contributed by atoms with Gasteiger partial charge in [0.25, 0.3) is 0 Å². The van der Waals surface area contributed by atoms with Gasteiger partial charge in [0.15, 0.2) is 6.29 Å². The molecule has 2 atom stereocenters. The molecule has 1 saturated heterocycles. The van der Waals surface area contributed by atoms with Crippen molar-refractivity contribution in [3.05, 3.63) is 58.9 Å². The standard InChI is InChI=1S/C27H30N2O3S/c1-3-21-13-12-20(18-28-21)9-5-6-10-26-29-24-15-14-23(17-25(24)33-26)31-19-22(4-2)32-27-11-7-8-16-30-27/h6,10,12-15,17-18,22,27H,3-4,7-8,11,16,19H2,1-2H3/b10-6+. The van der Waals surface area contributed by atoms with E-state index in [1.165, 1.54) is 0 Å². The molecule has 1 aliphatic rings. The van der Waals surface area contributed by atoms with Crippen LogP contribution in [0.2, 0.25) is 0 Å². The number of ether oxygens (including phenoxy) is 3. The first-order chi connectivity index (χ1) is 16.2. The predicted octanol–water partition coefficient (Wildman–Crippen LogP) is 6.02. The molecule has 0 radical (unpaired) electrons. The topological polar surface area (TPSA) is 53.5 Å². The lowest BCUT2D eigenvalue weighted by Gasteiger charge is -2.27. The van der Waals surface area contributed by atoms with Crippen molar-refractivity contribution in [2.24, 2.45) is 0 Å². The first kappa shape index (κ1) is 23.4. The van der Waals surface area contributed by atoms with Crippen molar-refractivity contribution >= 4 is 27.6 Å². The van der Waals surface area contributed by atoms with Gasteiger partial charge >= 0.3 is 0 Å². The van der Waals surface area contributed by atoms with Crippen molar-refractivity contribution in [2.75, 3.05) is 13.2 Å². The molecule has 3 heterocycles. The second-order valence-electron chi connectivity index (χ2n) is 7.95. The summed E-state index contributed by atoms with van der Waals surface area (Å²) in [6, 6.07) is 10.0. The lowest BCUT2D eigenvalue weighted by atomic mass is 10.2. The summed E-state index contributed by atoms with van der Waals surface area (Å²) in [4.78, 5) is 9.03. The Bertz CT molecular complexity index is 1120. The molecule has 5 nitrogen and oxygen atoms in total. The van der Waals surface area contributed by atoms with Gasteiger partial charge in [0.1, 0.15) is 17.4 Å². The maximum Gasteiger partial charge on any atom is 0.158 e. The summed E-state index contributed by atoms with van der Waals surface area (Å²) in [7, 11) is 0. The zero-order valence-electron chi connectivity index (χ0n) is 19.3. The highest BCUT2D eigenvalue weighted by Crippen LogP contribution is 2.27. The molecule has 1 aliphatic heterocycles. The first-order valence-corrected chi connectivity index (χ1v) is 12.5. The van der Waals surface area contributed by atoms with Crippen LogP contribution < -0.4 is 4.74 Å². The van der Waals surface area contributed by atoms with Crippen LogP contribution in [0.5, 0.6) is 5.75 Å². The lowest BCUT2D eigenvalue weighted by molar-refractivity contribution is -0.193. The fourth-order valence-corrected chi connectivity index (χ4v) is 4.40. The van der Waals surface area contributed by atoms with E-state index in [2.05, 4.69) is 35.7 Å². The second kappa shape index (κ2) is 11.9. The largest absolute Gasteiger partial charge is 0.491 e. The van der Waals surface area contributed by atoms with E-state index in [1.807, 2.05) is 48.7 Å².